The summed E-state index contributed by atoms with van der Waals surface area (Å²) < 4.78 is 14.3. The maximum absolute atomic E-state index is 13.1. The van der Waals surface area contributed by atoms with Gasteiger partial charge in [0, 0.05) is 37.9 Å². The van der Waals surface area contributed by atoms with E-state index in [0.717, 1.165) is 28.0 Å². The van der Waals surface area contributed by atoms with Crippen LogP contribution >= 0.6 is 0 Å². The van der Waals surface area contributed by atoms with Gasteiger partial charge in [-0.15, -0.1) is 0 Å². The molecular formula is C25H33N5O4. The number of carbonyl (C=O) groups excluding carboxylic acids is 1. The van der Waals surface area contributed by atoms with Crippen LogP contribution in [-0.2, 0) is 11.8 Å². The summed E-state index contributed by atoms with van der Waals surface area (Å²) in [7, 11) is 3.41. The van der Waals surface area contributed by atoms with Crippen LogP contribution < -0.4 is 15.7 Å². The highest BCUT2D eigenvalue weighted by atomic mass is 16.6. The molecule has 1 fully saturated rings. The highest BCUT2D eigenvalue weighted by Gasteiger charge is 2.29. The van der Waals surface area contributed by atoms with E-state index in [1.165, 1.54) is 0 Å². The molecular weight excluding hydrogens is 434 g/mol. The lowest BCUT2D eigenvalue weighted by Gasteiger charge is -2.33. The molecule has 1 aliphatic rings. The largest absolute Gasteiger partial charge is 0.497 e. The van der Waals surface area contributed by atoms with E-state index in [-0.39, 0.29) is 17.8 Å². The molecule has 3 heterocycles. The van der Waals surface area contributed by atoms with Crippen LogP contribution in [0.2, 0.25) is 0 Å². The van der Waals surface area contributed by atoms with Crippen molar-refractivity contribution >= 4 is 28.6 Å². The summed E-state index contributed by atoms with van der Waals surface area (Å²) in [5, 5.41) is 3.36. The van der Waals surface area contributed by atoms with Crippen molar-refractivity contribution in [3.63, 3.8) is 0 Å². The van der Waals surface area contributed by atoms with Gasteiger partial charge in [0.2, 0.25) is 0 Å². The zero-order valence-electron chi connectivity index (χ0n) is 20.7. The number of anilines is 2. The number of likely N-dealkylation sites (tertiary alicyclic amines) is 1. The zero-order chi connectivity index (χ0) is 24.6. The van der Waals surface area contributed by atoms with Gasteiger partial charge in [-0.2, -0.15) is 0 Å². The summed E-state index contributed by atoms with van der Waals surface area (Å²) in [5.74, 6) is 1.45. The number of methoxy groups -OCH3 is 1. The number of rotatable bonds is 4. The highest BCUT2D eigenvalue weighted by molar-refractivity contribution is 5.79. The molecule has 0 aliphatic carbocycles. The van der Waals surface area contributed by atoms with Crippen molar-refractivity contribution in [2.75, 3.05) is 25.5 Å². The summed E-state index contributed by atoms with van der Waals surface area (Å²) in [6, 6.07) is 7.71. The third-order valence-electron chi connectivity index (χ3n) is 6.15. The maximum atomic E-state index is 13.1. The Bertz CT molecular complexity index is 1260. The van der Waals surface area contributed by atoms with Gasteiger partial charge in [0.05, 0.1) is 24.3 Å². The second-order valence-corrected chi connectivity index (χ2v) is 9.77. The van der Waals surface area contributed by atoms with E-state index in [9.17, 15) is 9.59 Å². The zero-order valence-corrected chi connectivity index (χ0v) is 20.7. The van der Waals surface area contributed by atoms with Crippen molar-refractivity contribution in [3.05, 3.63) is 46.5 Å². The molecule has 0 spiro atoms. The molecule has 0 unspecified atom stereocenters. The number of amides is 1. The number of fused-ring (bicyclic) bond motifs is 1. The molecule has 1 saturated heterocycles. The van der Waals surface area contributed by atoms with Crippen molar-refractivity contribution in [1.29, 1.82) is 0 Å². The Labute approximate surface area is 199 Å². The molecule has 1 aliphatic heterocycles. The van der Waals surface area contributed by atoms with E-state index < -0.39 is 5.60 Å². The van der Waals surface area contributed by atoms with Gasteiger partial charge in [0.1, 0.15) is 17.2 Å². The van der Waals surface area contributed by atoms with Crippen LogP contribution in [0.15, 0.2) is 35.3 Å². The average molecular weight is 468 g/mol. The van der Waals surface area contributed by atoms with E-state index in [0.29, 0.717) is 31.7 Å². The number of piperidine rings is 1. The molecule has 34 heavy (non-hydrogen) atoms. The summed E-state index contributed by atoms with van der Waals surface area (Å²) in [5.41, 5.74) is 2.94. The minimum atomic E-state index is -0.529. The molecule has 2 aromatic heterocycles. The highest BCUT2D eigenvalue weighted by Crippen LogP contribution is 2.29. The Morgan fingerprint density at radius 1 is 1.15 bits per heavy atom. The van der Waals surface area contributed by atoms with Gasteiger partial charge in [-0.1, -0.05) is 0 Å². The average Bonchev–Trinajstić information content (AvgIpc) is 3.03. The first-order valence-corrected chi connectivity index (χ1v) is 11.5. The minimum absolute atomic E-state index is 0.00661. The van der Waals surface area contributed by atoms with Crippen molar-refractivity contribution < 1.29 is 14.3 Å². The molecule has 1 amide bonds. The fourth-order valence-electron chi connectivity index (χ4n) is 4.35. The number of nitrogens with zero attached hydrogens (tertiary/aromatic N) is 4. The van der Waals surface area contributed by atoms with Crippen LogP contribution in [0, 0.1) is 6.92 Å². The first kappa shape index (κ1) is 23.7. The van der Waals surface area contributed by atoms with Gasteiger partial charge in [-0.25, -0.2) is 14.6 Å². The standard InChI is InChI=1S/C25H33N5O4/c1-16-13-18(33-6)7-8-19(16)27-22-14-20-21(15-26-22)28(5)23(31)30(20)17-9-11-29(12-10-17)24(32)34-25(2,3)4/h7-8,13-15,17H,9-12H2,1-6H3,(H,26,27). The van der Waals surface area contributed by atoms with Crippen molar-refractivity contribution in [2.24, 2.45) is 7.05 Å². The maximum Gasteiger partial charge on any atom is 0.410 e. The molecule has 4 rings (SSSR count). The van der Waals surface area contributed by atoms with Gasteiger partial charge in [0.25, 0.3) is 0 Å². The number of imidazole rings is 1. The van der Waals surface area contributed by atoms with E-state index in [1.54, 1.807) is 29.8 Å². The van der Waals surface area contributed by atoms with E-state index in [1.807, 2.05) is 56.5 Å². The van der Waals surface area contributed by atoms with Crippen molar-refractivity contribution in [2.45, 2.75) is 52.2 Å². The van der Waals surface area contributed by atoms with Crippen LogP contribution in [0.25, 0.3) is 11.0 Å². The third-order valence-corrected chi connectivity index (χ3v) is 6.15. The number of aryl methyl sites for hydroxylation is 2. The molecule has 9 nitrogen and oxygen atoms in total. The van der Waals surface area contributed by atoms with Crippen molar-refractivity contribution in [3.8, 4) is 5.75 Å². The molecule has 3 aromatic rings. The molecule has 9 heteroatoms. The third kappa shape index (κ3) is 4.73. The Morgan fingerprint density at radius 3 is 2.47 bits per heavy atom. The van der Waals surface area contributed by atoms with Crippen LogP contribution in [0.1, 0.15) is 45.2 Å². The summed E-state index contributed by atoms with van der Waals surface area (Å²) in [6.07, 6.45) is 2.79. The molecule has 0 atom stereocenters. The van der Waals surface area contributed by atoms with E-state index in [4.69, 9.17) is 9.47 Å². The van der Waals surface area contributed by atoms with Crippen LogP contribution in [0.4, 0.5) is 16.3 Å². The lowest BCUT2D eigenvalue weighted by atomic mass is 10.0. The molecule has 0 saturated carbocycles. The molecule has 0 radical (unpaired) electrons. The fourth-order valence-corrected chi connectivity index (χ4v) is 4.35. The number of hydrogen-bond donors (Lipinski definition) is 1. The van der Waals surface area contributed by atoms with Gasteiger partial charge in [-0.05, 0) is 64.3 Å². The summed E-state index contributed by atoms with van der Waals surface area (Å²) in [6.45, 7) is 8.68. The number of benzene rings is 1. The topological polar surface area (TPSA) is 90.6 Å². The SMILES string of the molecule is COc1ccc(Nc2cc3c(cn2)n(C)c(=O)n3C2CCN(C(=O)OC(C)(C)C)CC2)c(C)c1. The minimum Gasteiger partial charge on any atom is -0.497 e. The van der Waals surface area contributed by atoms with Gasteiger partial charge >= 0.3 is 11.8 Å². The van der Waals surface area contributed by atoms with Gasteiger partial charge in [-0.3, -0.25) is 9.13 Å². The second kappa shape index (κ2) is 9.04. The summed E-state index contributed by atoms with van der Waals surface area (Å²) in [4.78, 5) is 31.8. The first-order valence-electron chi connectivity index (χ1n) is 11.5. The molecule has 1 N–H and O–H groups in total. The quantitative estimate of drug-likeness (QED) is 0.613. The Hall–Kier alpha value is -3.49. The number of pyridine rings is 1. The Kier molecular flexibility index (Phi) is 6.29. The van der Waals surface area contributed by atoms with Gasteiger partial charge in [0.15, 0.2) is 0 Å². The van der Waals surface area contributed by atoms with Crippen LogP contribution in [-0.4, -0.2) is 50.9 Å². The molecule has 1 aromatic carbocycles. The number of carbonyl (C=O) groups is 1. The summed E-state index contributed by atoms with van der Waals surface area (Å²) >= 11 is 0. The van der Waals surface area contributed by atoms with Gasteiger partial charge < -0.3 is 19.7 Å². The lowest BCUT2D eigenvalue weighted by Crippen LogP contribution is -2.43. The predicted molar refractivity (Wildman–Crippen MR) is 132 cm³/mol. The fraction of sp³-hybridized carbons (Fsp3) is 0.480. The van der Waals surface area contributed by atoms with E-state index in [2.05, 4.69) is 10.3 Å². The lowest BCUT2D eigenvalue weighted by molar-refractivity contribution is 0.0188. The van der Waals surface area contributed by atoms with Crippen molar-refractivity contribution in [1.82, 2.24) is 19.0 Å². The molecule has 0 bridgehead atoms. The molecule has 182 valence electrons. The number of aromatic nitrogens is 3. The first-order chi connectivity index (χ1) is 16.1. The van der Waals surface area contributed by atoms with Crippen LogP contribution in [0.5, 0.6) is 5.75 Å². The monoisotopic (exact) mass is 467 g/mol. The smallest absolute Gasteiger partial charge is 0.410 e. The van der Waals surface area contributed by atoms with Crippen LogP contribution in [0.3, 0.4) is 0 Å². The predicted octanol–water partition coefficient (Wildman–Crippen LogP) is 4.37. The number of ether oxygens (including phenoxy) is 2. The number of hydrogen-bond acceptors (Lipinski definition) is 6. The second-order valence-electron chi connectivity index (χ2n) is 9.77. The Balaban J connectivity index is 1.58. The van der Waals surface area contributed by atoms with E-state index >= 15 is 0 Å². The normalized spacial score (nSPS) is 14.9. The Morgan fingerprint density at radius 2 is 1.85 bits per heavy atom. The number of nitrogens with one attached hydrogen (secondary N) is 1.